The van der Waals surface area contributed by atoms with E-state index in [4.69, 9.17) is 4.98 Å². The third-order valence-corrected chi connectivity index (χ3v) is 12.5. The molecular formula is C58H40N4Pt-2. The molecule has 11 aromatic rings. The van der Waals surface area contributed by atoms with Crippen molar-refractivity contribution < 1.29 is 25.6 Å². The molecule has 4 nitrogen and oxygen atoms in total. The van der Waals surface area contributed by atoms with Crippen LogP contribution < -0.4 is 4.57 Å². The molecule has 3 aromatic heterocycles. The Morgan fingerprint density at radius 1 is 0.492 bits per heavy atom. The Morgan fingerprint density at radius 3 is 1.73 bits per heavy atom. The van der Waals surface area contributed by atoms with Gasteiger partial charge in [0, 0.05) is 32.1 Å². The van der Waals surface area contributed by atoms with Gasteiger partial charge in [-0.3, -0.25) is 4.57 Å². The summed E-state index contributed by atoms with van der Waals surface area (Å²) in [6.45, 7) is 6.84. The molecule has 0 unspecified atom stereocenters. The molecule has 1 aliphatic rings. The molecule has 0 spiro atoms. The van der Waals surface area contributed by atoms with E-state index in [-0.39, 0.29) is 26.5 Å². The number of nitrogens with zero attached hydrogens (tertiary/aromatic N) is 4. The third kappa shape index (κ3) is 6.15. The largest absolute Gasteiger partial charge is 0.319 e. The molecule has 63 heavy (non-hydrogen) atoms. The monoisotopic (exact) mass is 987 g/mol. The molecule has 1 aliphatic heterocycles. The summed E-state index contributed by atoms with van der Waals surface area (Å²) in [4.78, 5) is 5.61. The van der Waals surface area contributed by atoms with Crippen LogP contribution in [0.1, 0.15) is 26.3 Å². The minimum atomic E-state index is -0.152. The van der Waals surface area contributed by atoms with Crippen LogP contribution in [0.3, 0.4) is 0 Å². The van der Waals surface area contributed by atoms with E-state index in [1.54, 1.807) is 0 Å². The predicted molar refractivity (Wildman–Crippen MR) is 253 cm³/mol. The van der Waals surface area contributed by atoms with E-state index < -0.39 is 0 Å². The van der Waals surface area contributed by atoms with E-state index in [2.05, 4.69) is 223 Å². The number of para-hydroxylation sites is 5. The van der Waals surface area contributed by atoms with Crippen molar-refractivity contribution in [2.45, 2.75) is 26.2 Å². The second-order valence-corrected chi connectivity index (χ2v) is 17.2. The van der Waals surface area contributed by atoms with Gasteiger partial charge in [0.25, 0.3) is 6.33 Å². The molecule has 0 radical (unpaired) electrons. The normalized spacial score (nSPS) is 11.9. The number of pyridine rings is 1. The molecule has 0 fully saturated rings. The summed E-state index contributed by atoms with van der Waals surface area (Å²) in [6, 6.07) is 74.4. The first-order valence-corrected chi connectivity index (χ1v) is 21.2. The van der Waals surface area contributed by atoms with Crippen molar-refractivity contribution in [3.63, 3.8) is 0 Å². The van der Waals surface area contributed by atoms with Crippen LogP contribution in [-0.2, 0) is 26.5 Å². The van der Waals surface area contributed by atoms with E-state index in [1.165, 1.54) is 27.6 Å². The van der Waals surface area contributed by atoms with E-state index >= 15 is 0 Å². The van der Waals surface area contributed by atoms with Crippen molar-refractivity contribution in [2.75, 3.05) is 0 Å². The maximum atomic E-state index is 5.61. The zero-order valence-electron chi connectivity index (χ0n) is 35.0. The zero-order chi connectivity index (χ0) is 41.5. The van der Waals surface area contributed by atoms with Crippen molar-refractivity contribution >= 4 is 32.8 Å². The first-order chi connectivity index (χ1) is 30.4. The minimum absolute atomic E-state index is 0. The van der Waals surface area contributed by atoms with E-state index in [0.717, 1.165) is 83.7 Å². The molecule has 0 bridgehead atoms. The van der Waals surface area contributed by atoms with Crippen molar-refractivity contribution in [3.8, 4) is 73.0 Å². The molecule has 12 rings (SSSR count). The van der Waals surface area contributed by atoms with Gasteiger partial charge in [0.05, 0.1) is 22.4 Å². The number of rotatable bonds is 4. The van der Waals surface area contributed by atoms with Crippen molar-refractivity contribution in [3.05, 3.63) is 212 Å². The molecule has 4 heterocycles. The Kier molecular flexibility index (Phi) is 9.26. The van der Waals surface area contributed by atoms with Crippen LogP contribution in [0, 0.1) is 18.5 Å². The zero-order valence-corrected chi connectivity index (χ0v) is 37.3. The molecule has 8 aromatic carbocycles. The number of benzene rings is 8. The Morgan fingerprint density at radius 2 is 1.03 bits per heavy atom. The minimum Gasteiger partial charge on any atom is -0.319 e. The van der Waals surface area contributed by atoms with Gasteiger partial charge in [0.1, 0.15) is 5.82 Å². The van der Waals surface area contributed by atoms with Crippen LogP contribution in [0.4, 0.5) is 0 Å². The number of hydrogen-bond acceptors (Lipinski definition) is 1. The van der Waals surface area contributed by atoms with E-state index in [0.29, 0.717) is 0 Å². The molecule has 0 aliphatic carbocycles. The van der Waals surface area contributed by atoms with Crippen molar-refractivity contribution in [1.29, 1.82) is 0 Å². The molecule has 0 N–H and O–H groups in total. The van der Waals surface area contributed by atoms with E-state index in [9.17, 15) is 0 Å². The van der Waals surface area contributed by atoms with Crippen LogP contribution in [0.15, 0.2) is 188 Å². The maximum absolute atomic E-state index is 5.61. The number of hydrogen-bond donors (Lipinski definition) is 0. The van der Waals surface area contributed by atoms with E-state index in [1.807, 2.05) is 18.2 Å². The summed E-state index contributed by atoms with van der Waals surface area (Å²) in [5.74, 6) is 0.872. The van der Waals surface area contributed by atoms with Gasteiger partial charge < -0.3 is 9.13 Å². The summed E-state index contributed by atoms with van der Waals surface area (Å²) in [5.41, 5.74) is 18.4. The van der Waals surface area contributed by atoms with Crippen LogP contribution >= 0.6 is 0 Å². The molecule has 304 valence electrons. The fourth-order valence-corrected chi connectivity index (χ4v) is 9.59. The Labute approximate surface area is 381 Å². The fourth-order valence-electron chi connectivity index (χ4n) is 9.59. The van der Waals surface area contributed by atoms with Crippen LogP contribution in [0.25, 0.3) is 106 Å². The average Bonchev–Trinajstić information content (AvgIpc) is 3.88. The summed E-state index contributed by atoms with van der Waals surface area (Å²) < 4.78 is 6.75. The summed E-state index contributed by atoms with van der Waals surface area (Å²) in [6.07, 6.45) is 3.90. The van der Waals surface area contributed by atoms with Crippen molar-refractivity contribution in [2.24, 2.45) is 0 Å². The second kappa shape index (κ2) is 15.0. The van der Waals surface area contributed by atoms with Gasteiger partial charge in [0.15, 0.2) is 0 Å². The second-order valence-electron chi connectivity index (χ2n) is 17.2. The predicted octanol–water partition coefficient (Wildman–Crippen LogP) is 13.7. The molecule has 5 heteroatoms. The number of imidazole rings is 1. The number of aromatic nitrogens is 4. The van der Waals surface area contributed by atoms with Crippen LogP contribution in [0.5, 0.6) is 0 Å². The Balaban J connectivity index is 0.00000444. The Hall–Kier alpha value is -7.13. The molecule has 0 amide bonds. The average molecular weight is 988 g/mol. The molecule has 0 atom stereocenters. The Bertz CT molecular complexity index is 3520. The summed E-state index contributed by atoms with van der Waals surface area (Å²) >= 11 is 0. The maximum Gasteiger partial charge on any atom is 0.268 e. The SMILES string of the molecule is CC(C)(C)c1cc(-c2ccccc2-c2cccc3c2-[n+]2[c-]n(-c4[c-]cccc4)c4cccc(c42)-c2ccccc2-c2ccccc2-3)nc(-n2c3[c-]cccc3c3ccccc32)c1.[Pt]. The molecule has 0 saturated heterocycles. The van der Waals surface area contributed by atoms with Gasteiger partial charge in [-0.2, -0.15) is 54.6 Å². The van der Waals surface area contributed by atoms with Crippen molar-refractivity contribution in [1.82, 2.24) is 14.1 Å². The third-order valence-electron chi connectivity index (χ3n) is 12.5. The number of fused-ring (bicyclic) bond motifs is 10. The first kappa shape index (κ1) is 38.8. The topological polar surface area (TPSA) is 26.6 Å². The van der Waals surface area contributed by atoms with Gasteiger partial charge >= 0.3 is 0 Å². The summed E-state index contributed by atoms with van der Waals surface area (Å²) in [5, 5.41) is 2.35. The quantitative estimate of drug-likeness (QED) is 0.127. The molecule has 0 saturated carbocycles. The van der Waals surface area contributed by atoms with Gasteiger partial charge in [-0.15, -0.1) is 5.39 Å². The first-order valence-electron chi connectivity index (χ1n) is 21.2. The fraction of sp³-hybridized carbons (Fsp3) is 0.0690. The van der Waals surface area contributed by atoms with Gasteiger partial charge in [-0.25, -0.2) is 4.98 Å². The standard InChI is InChI=1S/C58H40N4.Pt/c1-58(2,3)38-35-51(59-55(36-38)62-52-32-15-13-27-46(52)47-28-14-16-33-53(47)62)45-26-12-11-25-44(45)49-30-17-29-48-42-23-9-7-21-40(42)41-22-8-10-24-43(41)50-31-18-34-54-57(50)61(56(48)49)37-60(54)39-19-5-4-6-20-39;/h4-19,21-32,34-36H,1-3H3;/q-2;. The smallest absolute Gasteiger partial charge is 0.268 e. The summed E-state index contributed by atoms with van der Waals surface area (Å²) in [7, 11) is 0. The van der Waals surface area contributed by atoms with Gasteiger partial charge in [0.2, 0.25) is 0 Å². The molecular weight excluding hydrogens is 948 g/mol. The van der Waals surface area contributed by atoms with Gasteiger partial charge in [-0.1, -0.05) is 154 Å². The van der Waals surface area contributed by atoms with Gasteiger partial charge in [-0.05, 0) is 84.8 Å². The van der Waals surface area contributed by atoms with Crippen LogP contribution in [0.2, 0.25) is 0 Å². The van der Waals surface area contributed by atoms with Crippen LogP contribution in [-0.4, -0.2) is 14.1 Å².